The van der Waals surface area contributed by atoms with Crippen LogP contribution in [-0.2, 0) is 4.74 Å². The smallest absolute Gasteiger partial charge is 0.0772 e. The molecule has 3 N–H and O–H groups in total. The molecule has 0 spiro atoms. The molecule has 0 radical (unpaired) electrons. The Hall–Kier alpha value is -0.120. The molecule has 3 nitrogen and oxygen atoms in total. The van der Waals surface area contributed by atoms with Crippen molar-refractivity contribution in [3.05, 3.63) is 0 Å². The van der Waals surface area contributed by atoms with Crippen LogP contribution in [0, 0.1) is 17.8 Å². The van der Waals surface area contributed by atoms with Gasteiger partial charge in [0.15, 0.2) is 0 Å². The minimum atomic E-state index is 0.350. The van der Waals surface area contributed by atoms with E-state index >= 15 is 0 Å². The molecule has 17 heavy (non-hydrogen) atoms. The first-order valence-corrected chi connectivity index (χ1v) is 7.34. The lowest BCUT2D eigenvalue weighted by Gasteiger charge is -2.37. The summed E-state index contributed by atoms with van der Waals surface area (Å²) in [4.78, 5) is 0. The molecule has 2 atom stereocenters. The van der Waals surface area contributed by atoms with Crippen LogP contribution in [0.2, 0.25) is 0 Å². The molecule has 0 aromatic heterocycles. The first-order chi connectivity index (χ1) is 8.26. The van der Waals surface area contributed by atoms with Gasteiger partial charge in [-0.25, -0.2) is 0 Å². The van der Waals surface area contributed by atoms with Gasteiger partial charge >= 0.3 is 0 Å². The molecule has 2 rings (SSSR count). The number of ether oxygens (including phenoxy) is 1. The van der Waals surface area contributed by atoms with Gasteiger partial charge in [-0.1, -0.05) is 19.8 Å². The van der Waals surface area contributed by atoms with Gasteiger partial charge in [0, 0.05) is 6.61 Å². The zero-order chi connectivity index (χ0) is 12.3. The molecule has 2 aliphatic rings. The van der Waals surface area contributed by atoms with Gasteiger partial charge in [-0.05, 0) is 50.4 Å². The lowest BCUT2D eigenvalue weighted by atomic mass is 9.77. The highest BCUT2D eigenvalue weighted by Crippen LogP contribution is 2.40. The quantitative estimate of drug-likeness (QED) is 0.554. The summed E-state index contributed by atoms with van der Waals surface area (Å²) in [6, 6.07) is 0.370. The van der Waals surface area contributed by atoms with Crippen molar-refractivity contribution in [2.45, 2.75) is 64.5 Å². The molecule has 0 saturated heterocycles. The molecule has 2 unspecified atom stereocenters. The fourth-order valence-corrected chi connectivity index (χ4v) is 3.29. The average Bonchev–Trinajstić information content (AvgIpc) is 3.15. The Morgan fingerprint density at radius 1 is 1.12 bits per heavy atom. The minimum absolute atomic E-state index is 0.350. The van der Waals surface area contributed by atoms with Crippen LogP contribution in [0.5, 0.6) is 0 Å². The number of hydrazine groups is 1. The van der Waals surface area contributed by atoms with Crippen LogP contribution in [0.25, 0.3) is 0 Å². The third-order valence-corrected chi connectivity index (χ3v) is 4.56. The highest BCUT2D eigenvalue weighted by Gasteiger charge is 2.40. The van der Waals surface area contributed by atoms with Gasteiger partial charge in [0.1, 0.15) is 0 Å². The lowest BCUT2D eigenvalue weighted by Crippen LogP contribution is -2.51. The van der Waals surface area contributed by atoms with Gasteiger partial charge in [-0.15, -0.1) is 0 Å². The molecule has 2 saturated carbocycles. The summed E-state index contributed by atoms with van der Waals surface area (Å²) >= 11 is 0. The highest BCUT2D eigenvalue weighted by molar-refractivity contribution is 4.93. The van der Waals surface area contributed by atoms with E-state index < -0.39 is 0 Å². The fraction of sp³-hybridized carbons (Fsp3) is 1.00. The van der Waals surface area contributed by atoms with Gasteiger partial charge < -0.3 is 4.74 Å². The van der Waals surface area contributed by atoms with E-state index in [9.17, 15) is 0 Å². The molecule has 0 bridgehead atoms. The van der Waals surface area contributed by atoms with Crippen molar-refractivity contribution < 1.29 is 4.74 Å². The van der Waals surface area contributed by atoms with Crippen LogP contribution in [0.3, 0.4) is 0 Å². The van der Waals surface area contributed by atoms with Crippen molar-refractivity contribution in [1.82, 2.24) is 5.43 Å². The molecule has 100 valence electrons. The van der Waals surface area contributed by atoms with E-state index in [0.29, 0.717) is 18.1 Å². The molecule has 0 heterocycles. The van der Waals surface area contributed by atoms with E-state index in [0.717, 1.165) is 18.4 Å². The summed E-state index contributed by atoms with van der Waals surface area (Å²) in [5.74, 6) is 8.18. The topological polar surface area (TPSA) is 47.3 Å². The first kappa shape index (κ1) is 13.3. The SMILES string of the molecule is CCOC(C1CC1)C(NN)C1CCC(C)CC1. The van der Waals surface area contributed by atoms with E-state index in [1.54, 1.807) is 0 Å². The monoisotopic (exact) mass is 240 g/mol. The Balaban J connectivity index is 1.93. The molecule has 0 aliphatic heterocycles. The number of nitrogens with two attached hydrogens (primary N) is 1. The highest BCUT2D eigenvalue weighted by atomic mass is 16.5. The van der Waals surface area contributed by atoms with Crippen molar-refractivity contribution in [3.63, 3.8) is 0 Å². The zero-order valence-corrected chi connectivity index (χ0v) is 11.3. The first-order valence-electron chi connectivity index (χ1n) is 7.34. The molecule has 0 aromatic carbocycles. The summed E-state index contributed by atoms with van der Waals surface area (Å²) in [5, 5.41) is 0. The van der Waals surface area contributed by atoms with Gasteiger partial charge in [0.2, 0.25) is 0 Å². The van der Waals surface area contributed by atoms with E-state index in [4.69, 9.17) is 10.6 Å². The predicted molar refractivity (Wildman–Crippen MR) is 70.4 cm³/mol. The summed E-state index contributed by atoms with van der Waals surface area (Å²) in [7, 11) is 0. The van der Waals surface area contributed by atoms with Crippen molar-refractivity contribution in [3.8, 4) is 0 Å². The molecular formula is C14H28N2O. The Labute approximate surface area is 105 Å². The van der Waals surface area contributed by atoms with Gasteiger partial charge in [-0.2, -0.15) is 0 Å². The van der Waals surface area contributed by atoms with E-state index in [1.165, 1.54) is 38.5 Å². The van der Waals surface area contributed by atoms with Crippen molar-refractivity contribution in [2.75, 3.05) is 6.61 Å². The van der Waals surface area contributed by atoms with Crippen LogP contribution in [0.1, 0.15) is 52.4 Å². The van der Waals surface area contributed by atoms with Crippen molar-refractivity contribution >= 4 is 0 Å². The molecule has 0 aromatic rings. The second kappa shape index (κ2) is 6.17. The maximum Gasteiger partial charge on any atom is 0.0772 e. The second-order valence-electron chi connectivity index (χ2n) is 5.97. The van der Waals surface area contributed by atoms with E-state index in [1.807, 2.05) is 0 Å². The van der Waals surface area contributed by atoms with Crippen LogP contribution in [0.4, 0.5) is 0 Å². The largest absolute Gasteiger partial charge is 0.377 e. The van der Waals surface area contributed by atoms with Crippen molar-refractivity contribution in [1.29, 1.82) is 0 Å². The Morgan fingerprint density at radius 3 is 2.18 bits per heavy atom. The van der Waals surface area contributed by atoms with Crippen LogP contribution in [-0.4, -0.2) is 18.8 Å². The Morgan fingerprint density at radius 2 is 1.71 bits per heavy atom. The Bertz CT molecular complexity index is 222. The minimum Gasteiger partial charge on any atom is -0.377 e. The summed E-state index contributed by atoms with van der Waals surface area (Å²) in [5.41, 5.74) is 3.07. The average molecular weight is 240 g/mol. The van der Waals surface area contributed by atoms with Crippen LogP contribution < -0.4 is 11.3 Å². The molecule has 3 heteroatoms. The molecule has 0 amide bonds. The maximum atomic E-state index is 5.96. The predicted octanol–water partition coefficient (Wildman–Crippen LogP) is 2.46. The molecule has 2 fully saturated rings. The fourth-order valence-electron chi connectivity index (χ4n) is 3.29. The second-order valence-corrected chi connectivity index (χ2v) is 5.97. The number of nitrogens with one attached hydrogen (secondary N) is 1. The number of hydrogen-bond acceptors (Lipinski definition) is 3. The van der Waals surface area contributed by atoms with Gasteiger partial charge in [0.05, 0.1) is 12.1 Å². The summed E-state index contributed by atoms with van der Waals surface area (Å²) in [6.07, 6.45) is 8.33. The summed E-state index contributed by atoms with van der Waals surface area (Å²) < 4.78 is 5.96. The zero-order valence-electron chi connectivity index (χ0n) is 11.3. The number of hydrogen-bond donors (Lipinski definition) is 2. The third kappa shape index (κ3) is 3.43. The molecule has 2 aliphatic carbocycles. The van der Waals surface area contributed by atoms with E-state index in [2.05, 4.69) is 19.3 Å². The Kier molecular flexibility index (Phi) is 4.83. The van der Waals surface area contributed by atoms with Gasteiger partial charge in [0.25, 0.3) is 0 Å². The van der Waals surface area contributed by atoms with E-state index in [-0.39, 0.29) is 0 Å². The third-order valence-electron chi connectivity index (χ3n) is 4.56. The van der Waals surface area contributed by atoms with Crippen LogP contribution >= 0.6 is 0 Å². The number of rotatable bonds is 6. The normalized spacial score (nSPS) is 33.4. The van der Waals surface area contributed by atoms with Gasteiger partial charge in [-0.3, -0.25) is 11.3 Å². The molecular weight excluding hydrogens is 212 g/mol. The van der Waals surface area contributed by atoms with Crippen LogP contribution in [0.15, 0.2) is 0 Å². The lowest BCUT2D eigenvalue weighted by molar-refractivity contribution is -0.00447. The standard InChI is InChI=1S/C14H28N2O/c1-3-17-14(12-8-9-12)13(16-15)11-6-4-10(2)5-7-11/h10-14,16H,3-9,15H2,1-2H3. The summed E-state index contributed by atoms with van der Waals surface area (Å²) in [6.45, 7) is 5.26. The van der Waals surface area contributed by atoms with Crippen molar-refractivity contribution in [2.24, 2.45) is 23.6 Å². The maximum absolute atomic E-state index is 5.96.